The van der Waals surface area contributed by atoms with Crippen LogP contribution in [0.3, 0.4) is 0 Å². The van der Waals surface area contributed by atoms with Gasteiger partial charge in [0, 0.05) is 71.6 Å². The quantitative estimate of drug-likeness (QED) is 0.160. The van der Waals surface area contributed by atoms with Gasteiger partial charge in [0.1, 0.15) is 11.2 Å². The molecule has 0 unspecified atom stereocenters. The fourth-order valence-corrected chi connectivity index (χ4v) is 15.2. The zero-order valence-electron chi connectivity index (χ0n) is 55.2. The maximum absolute atomic E-state index is 9.49. The summed E-state index contributed by atoms with van der Waals surface area (Å²) >= 11 is 0. The molecule has 0 saturated carbocycles. The summed E-state index contributed by atoms with van der Waals surface area (Å²) < 4.78 is 35.3. The van der Waals surface area contributed by atoms with Crippen LogP contribution in [-0.2, 0) is 37.9 Å². The first kappa shape index (κ1) is 50.7. The van der Waals surface area contributed by atoms with Gasteiger partial charge < -0.3 is 19.1 Å². The number of nitrogens with zero attached hydrogens (tertiary/aromatic N) is 3. The van der Waals surface area contributed by atoms with Crippen molar-refractivity contribution in [3.8, 4) is 0 Å². The van der Waals surface area contributed by atoms with Gasteiger partial charge in [-0.15, -0.1) is 0 Å². The summed E-state index contributed by atoms with van der Waals surface area (Å²) in [5.41, 5.74) is 24.2. The molecule has 0 fully saturated rings. The van der Waals surface area contributed by atoms with Crippen LogP contribution in [0, 0.1) is 13.8 Å². The van der Waals surface area contributed by atoms with Gasteiger partial charge >= 0.3 is 0 Å². The van der Waals surface area contributed by atoms with Crippen LogP contribution < -0.4 is 31.1 Å². The van der Waals surface area contributed by atoms with Crippen LogP contribution in [0.4, 0.5) is 51.2 Å². The summed E-state index contributed by atoms with van der Waals surface area (Å²) in [7, 11) is 0. The normalized spacial score (nSPS) is 18.1. The molecule has 3 heterocycles. The standard InChI is InChI=1S/C77H86BN3O/c1-46-35-66-69-67(36-46)81(63-43-58-56(37-47(63)2)74(12,13)33-34-75(58,14)15)65-44-59-57(76(16,17)45-77(59,18)19)42-62(65)78(69)61-32-31-52(79(50-29-27-48(28-30-50)71(3,4)5)51-24-22-23-49(38-51)72(6,7)8)41-64(61)80(66)53-39-55-54-25-20-21-26-68(54)82-70(55)60(40-53)73(9,10)11/h20-32,35-44H,33-34,45H2,1-19H3/i1D3. The number of hydrogen-bond donors (Lipinski definition) is 0. The largest absolute Gasteiger partial charge is 0.456 e. The molecule has 82 heavy (non-hydrogen) atoms. The Labute approximate surface area is 495 Å². The lowest BCUT2D eigenvalue weighted by Crippen LogP contribution is -2.61. The van der Waals surface area contributed by atoms with E-state index in [0.717, 1.165) is 103 Å². The minimum absolute atomic E-state index is 0.00699. The summed E-state index contributed by atoms with van der Waals surface area (Å²) in [6.07, 6.45) is 3.21. The monoisotopic (exact) mass is 1080 g/mol. The van der Waals surface area contributed by atoms with Crippen LogP contribution >= 0.6 is 0 Å². The third kappa shape index (κ3) is 8.43. The zero-order chi connectivity index (χ0) is 60.8. The van der Waals surface area contributed by atoms with E-state index >= 15 is 0 Å². The molecule has 0 bridgehead atoms. The Balaban J connectivity index is 1.18. The molecule has 4 aliphatic rings. The third-order valence-electron chi connectivity index (χ3n) is 19.7. The second-order valence-corrected chi connectivity index (χ2v) is 30.8. The average Bonchev–Trinajstić information content (AvgIpc) is 1.49. The van der Waals surface area contributed by atoms with Gasteiger partial charge in [-0.05, 0) is 211 Å². The topological polar surface area (TPSA) is 22.9 Å². The Morgan fingerprint density at radius 2 is 1.07 bits per heavy atom. The number of para-hydroxylation sites is 1. The van der Waals surface area contributed by atoms with Gasteiger partial charge in [-0.25, -0.2) is 0 Å². The van der Waals surface area contributed by atoms with E-state index in [4.69, 9.17) is 4.42 Å². The molecular formula is C77H86BN3O. The highest BCUT2D eigenvalue weighted by molar-refractivity contribution is 7.00. The molecule has 9 aromatic rings. The van der Waals surface area contributed by atoms with Crippen molar-refractivity contribution in [2.75, 3.05) is 14.7 Å². The molecule has 1 aromatic heterocycles. The number of hydrogen-bond acceptors (Lipinski definition) is 4. The van der Waals surface area contributed by atoms with Crippen molar-refractivity contribution in [3.05, 3.63) is 190 Å². The molecule has 5 heteroatoms. The van der Waals surface area contributed by atoms with Crippen molar-refractivity contribution in [1.29, 1.82) is 0 Å². The summed E-state index contributed by atoms with van der Waals surface area (Å²) in [4.78, 5) is 7.36. The molecule has 13 rings (SSSR count). The summed E-state index contributed by atoms with van der Waals surface area (Å²) in [5, 5.41) is 2.07. The highest BCUT2D eigenvalue weighted by Crippen LogP contribution is 2.56. The molecule has 4 nitrogen and oxygen atoms in total. The maximum Gasteiger partial charge on any atom is 0.252 e. The number of rotatable bonds is 5. The number of furan rings is 1. The summed E-state index contributed by atoms with van der Waals surface area (Å²) in [5.74, 6) is 0. The predicted octanol–water partition coefficient (Wildman–Crippen LogP) is 20.0. The Bertz CT molecular complexity index is 4250. The molecule has 0 spiro atoms. The molecule has 2 aliphatic heterocycles. The first-order valence-electron chi connectivity index (χ1n) is 31.8. The zero-order valence-corrected chi connectivity index (χ0v) is 52.2. The Kier molecular flexibility index (Phi) is 11.0. The highest BCUT2D eigenvalue weighted by Gasteiger charge is 2.49. The van der Waals surface area contributed by atoms with Gasteiger partial charge in [-0.3, -0.25) is 0 Å². The summed E-state index contributed by atoms with van der Waals surface area (Å²) in [6.45, 7) is 39.3. The van der Waals surface area contributed by atoms with E-state index in [0.29, 0.717) is 5.56 Å². The lowest BCUT2D eigenvalue weighted by Gasteiger charge is -2.47. The van der Waals surface area contributed by atoms with Crippen molar-refractivity contribution in [2.24, 2.45) is 0 Å². The molecule has 0 saturated heterocycles. The second-order valence-electron chi connectivity index (χ2n) is 30.8. The van der Waals surface area contributed by atoms with Gasteiger partial charge in [0.2, 0.25) is 0 Å². The SMILES string of the molecule is [2H]C([2H])([2H])c1cc2c3c(c1)N(c1cc4c(cc1C)C(C)(C)CCC4(C)C)c1cc4c(cc1B3c1ccc(N(c3ccc(C(C)(C)C)cc3)c3cccc(C(C)(C)C)c3)cc1N2c1cc(C(C)(C)C)c2oc3ccccc3c2c1)C(C)(C)CC4(C)C. The van der Waals surface area contributed by atoms with Crippen LogP contribution in [0.25, 0.3) is 21.9 Å². The lowest BCUT2D eigenvalue weighted by molar-refractivity contribution is 0.332. The van der Waals surface area contributed by atoms with E-state index in [1.807, 2.05) is 18.2 Å². The lowest BCUT2D eigenvalue weighted by atomic mass is 9.33. The Morgan fingerprint density at radius 3 is 1.73 bits per heavy atom. The molecule has 418 valence electrons. The van der Waals surface area contributed by atoms with Gasteiger partial charge in [0.15, 0.2) is 0 Å². The Hall–Kier alpha value is -6.98. The van der Waals surface area contributed by atoms with Crippen LogP contribution in [0.5, 0.6) is 0 Å². The van der Waals surface area contributed by atoms with Crippen molar-refractivity contribution in [2.45, 2.75) is 189 Å². The first-order valence-corrected chi connectivity index (χ1v) is 30.3. The van der Waals surface area contributed by atoms with Crippen LogP contribution in [0.1, 0.15) is 191 Å². The van der Waals surface area contributed by atoms with Crippen LogP contribution in [0.15, 0.2) is 144 Å². The second kappa shape index (κ2) is 17.8. The first-order chi connectivity index (χ1) is 39.5. The number of benzene rings is 8. The van der Waals surface area contributed by atoms with E-state index < -0.39 is 6.85 Å². The highest BCUT2D eigenvalue weighted by atomic mass is 16.3. The molecule has 0 N–H and O–H groups in total. The predicted molar refractivity (Wildman–Crippen MR) is 354 cm³/mol. The van der Waals surface area contributed by atoms with Gasteiger partial charge in [0.25, 0.3) is 6.71 Å². The number of aryl methyl sites for hydroxylation is 2. The maximum atomic E-state index is 9.49. The van der Waals surface area contributed by atoms with E-state index in [1.165, 1.54) is 49.9 Å². The van der Waals surface area contributed by atoms with Crippen molar-refractivity contribution >= 4 is 96.2 Å². The van der Waals surface area contributed by atoms with Crippen LogP contribution in [-0.4, -0.2) is 6.71 Å². The van der Waals surface area contributed by atoms with Crippen LogP contribution in [0.2, 0.25) is 0 Å². The van der Waals surface area contributed by atoms with Gasteiger partial charge in [-0.1, -0.05) is 178 Å². The minimum Gasteiger partial charge on any atom is -0.456 e. The molecule has 0 amide bonds. The number of anilines is 9. The molecule has 0 atom stereocenters. The van der Waals surface area contributed by atoms with E-state index in [-0.39, 0.29) is 44.6 Å². The van der Waals surface area contributed by atoms with Crippen molar-refractivity contribution in [3.63, 3.8) is 0 Å². The van der Waals surface area contributed by atoms with Gasteiger partial charge in [0.05, 0.1) is 0 Å². The van der Waals surface area contributed by atoms with E-state index in [2.05, 4.69) is 261 Å². The van der Waals surface area contributed by atoms with E-state index in [1.54, 1.807) is 0 Å². The molecule has 8 aromatic carbocycles. The third-order valence-corrected chi connectivity index (χ3v) is 19.7. The fraction of sp³-hybridized carbons (Fsp3) is 0.377. The molecular weight excluding hydrogens is 994 g/mol. The molecule has 2 aliphatic carbocycles. The van der Waals surface area contributed by atoms with Crippen molar-refractivity contribution in [1.82, 2.24) is 0 Å². The van der Waals surface area contributed by atoms with Crippen molar-refractivity contribution < 1.29 is 8.53 Å². The number of fused-ring (bicyclic) bond motifs is 9. The molecule has 0 radical (unpaired) electrons. The smallest absolute Gasteiger partial charge is 0.252 e. The Morgan fingerprint density at radius 1 is 0.488 bits per heavy atom. The van der Waals surface area contributed by atoms with E-state index in [9.17, 15) is 4.11 Å². The minimum atomic E-state index is -2.45. The summed E-state index contributed by atoms with van der Waals surface area (Å²) in [6, 6.07) is 52.5. The average molecular weight is 1080 g/mol. The van der Waals surface area contributed by atoms with Gasteiger partial charge in [-0.2, -0.15) is 0 Å². The fourth-order valence-electron chi connectivity index (χ4n) is 15.2.